The monoisotopic (exact) mass is 375 g/mol. The molecule has 0 spiro atoms. The van der Waals surface area contributed by atoms with E-state index >= 15 is 0 Å². The SMILES string of the molecule is COC(=O)c1ccc(-c2ccc(C(=O)O)cc2)cc1NC(=O)c1ccccc1. The van der Waals surface area contributed by atoms with Crippen molar-refractivity contribution in [1.29, 1.82) is 0 Å². The first kappa shape index (κ1) is 18.8. The van der Waals surface area contributed by atoms with Gasteiger partial charge in [0.1, 0.15) is 0 Å². The van der Waals surface area contributed by atoms with Crippen molar-refractivity contribution in [3.05, 3.63) is 89.5 Å². The molecule has 0 unspecified atom stereocenters. The van der Waals surface area contributed by atoms with E-state index in [1.165, 1.54) is 19.2 Å². The number of carboxylic acids is 1. The molecule has 3 rings (SSSR count). The summed E-state index contributed by atoms with van der Waals surface area (Å²) in [5, 5.41) is 11.8. The number of carbonyl (C=O) groups excluding carboxylic acids is 2. The van der Waals surface area contributed by atoms with Gasteiger partial charge in [-0.15, -0.1) is 0 Å². The van der Waals surface area contributed by atoms with Gasteiger partial charge in [-0.2, -0.15) is 0 Å². The van der Waals surface area contributed by atoms with E-state index in [0.717, 1.165) is 5.56 Å². The highest BCUT2D eigenvalue weighted by Gasteiger charge is 2.16. The van der Waals surface area contributed by atoms with Gasteiger partial charge in [-0.1, -0.05) is 36.4 Å². The summed E-state index contributed by atoms with van der Waals surface area (Å²) in [7, 11) is 1.27. The first-order valence-electron chi connectivity index (χ1n) is 8.42. The Bertz CT molecular complexity index is 1030. The summed E-state index contributed by atoms with van der Waals surface area (Å²) in [5.74, 6) is -1.94. The molecule has 2 N–H and O–H groups in total. The zero-order valence-electron chi connectivity index (χ0n) is 15.0. The van der Waals surface area contributed by atoms with Crippen LogP contribution in [0.3, 0.4) is 0 Å². The first-order valence-corrected chi connectivity index (χ1v) is 8.42. The van der Waals surface area contributed by atoms with Crippen molar-refractivity contribution >= 4 is 23.5 Å². The molecule has 0 aliphatic carbocycles. The molecule has 0 fully saturated rings. The fourth-order valence-electron chi connectivity index (χ4n) is 2.70. The highest BCUT2D eigenvalue weighted by atomic mass is 16.5. The standard InChI is InChI=1S/C22H17NO5/c1-28-22(27)18-12-11-17(14-7-9-16(10-8-14)21(25)26)13-19(18)23-20(24)15-5-3-2-4-6-15/h2-13H,1H3,(H,23,24)(H,25,26). The second kappa shape index (κ2) is 8.18. The molecule has 1 amide bonds. The number of benzene rings is 3. The van der Waals surface area contributed by atoms with Gasteiger partial charge in [-0.3, -0.25) is 4.79 Å². The van der Waals surface area contributed by atoms with Crippen LogP contribution in [0.1, 0.15) is 31.1 Å². The van der Waals surface area contributed by atoms with Crippen molar-refractivity contribution in [2.24, 2.45) is 0 Å². The molecule has 0 aliphatic heterocycles. The number of ether oxygens (including phenoxy) is 1. The maximum Gasteiger partial charge on any atom is 0.339 e. The van der Waals surface area contributed by atoms with E-state index < -0.39 is 11.9 Å². The maximum absolute atomic E-state index is 12.5. The highest BCUT2D eigenvalue weighted by Crippen LogP contribution is 2.27. The highest BCUT2D eigenvalue weighted by molar-refractivity contribution is 6.08. The van der Waals surface area contributed by atoms with Crippen LogP contribution in [0.25, 0.3) is 11.1 Å². The van der Waals surface area contributed by atoms with Gasteiger partial charge in [-0.05, 0) is 47.5 Å². The number of carboxylic acid groups (broad SMARTS) is 1. The van der Waals surface area contributed by atoms with Crippen LogP contribution < -0.4 is 5.32 Å². The normalized spacial score (nSPS) is 10.2. The fourth-order valence-corrected chi connectivity index (χ4v) is 2.70. The van der Waals surface area contributed by atoms with E-state index in [4.69, 9.17) is 9.84 Å². The number of methoxy groups -OCH3 is 1. The van der Waals surface area contributed by atoms with Gasteiger partial charge in [0.15, 0.2) is 0 Å². The van der Waals surface area contributed by atoms with E-state index in [1.54, 1.807) is 60.7 Å². The number of aromatic carboxylic acids is 1. The minimum atomic E-state index is -1.01. The Labute approximate surface area is 161 Å². The lowest BCUT2D eigenvalue weighted by atomic mass is 10.0. The van der Waals surface area contributed by atoms with E-state index in [-0.39, 0.29) is 17.0 Å². The van der Waals surface area contributed by atoms with Gasteiger partial charge in [-0.25, -0.2) is 9.59 Å². The molecule has 3 aromatic rings. The minimum absolute atomic E-state index is 0.174. The van der Waals surface area contributed by atoms with Crippen molar-refractivity contribution < 1.29 is 24.2 Å². The summed E-state index contributed by atoms with van der Waals surface area (Å²) in [4.78, 5) is 35.6. The fraction of sp³-hybridized carbons (Fsp3) is 0.0455. The minimum Gasteiger partial charge on any atom is -0.478 e. The number of hydrogen-bond donors (Lipinski definition) is 2. The van der Waals surface area contributed by atoms with Gasteiger partial charge in [0, 0.05) is 5.56 Å². The van der Waals surface area contributed by atoms with E-state index in [9.17, 15) is 14.4 Å². The Kier molecular flexibility index (Phi) is 5.50. The van der Waals surface area contributed by atoms with Crippen molar-refractivity contribution in [2.75, 3.05) is 12.4 Å². The topological polar surface area (TPSA) is 92.7 Å². The third-order valence-electron chi connectivity index (χ3n) is 4.17. The van der Waals surface area contributed by atoms with Gasteiger partial charge in [0.25, 0.3) is 5.91 Å². The molecule has 140 valence electrons. The first-order chi connectivity index (χ1) is 13.5. The number of anilines is 1. The summed E-state index contributed by atoms with van der Waals surface area (Å²) in [6.45, 7) is 0. The zero-order valence-corrected chi connectivity index (χ0v) is 15.0. The Morgan fingerprint density at radius 3 is 2.07 bits per heavy atom. The van der Waals surface area contributed by atoms with Gasteiger partial charge in [0.2, 0.25) is 0 Å². The summed E-state index contributed by atoms with van der Waals surface area (Å²) in [6.07, 6.45) is 0. The number of rotatable bonds is 5. The molecule has 0 bridgehead atoms. The lowest BCUT2D eigenvalue weighted by Crippen LogP contribution is -2.15. The third kappa shape index (κ3) is 4.07. The van der Waals surface area contributed by atoms with Crippen LogP contribution in [0.2, 0.25) is 0 Å². The zero-order chi connectivity index (χ0) is 20.1. The Morgan fingerprint density at radius 2 is 1.46 bits per heavy atom. The molecule has 0 aromatic heterocycles. The van der Waals surface area contributed by atoms with Crippen LogP contribution in [-0.2, 0) is 4.74 Å². The maximum atomic E-state index is 12.5. The van der Waals surface area contributed by atoms with E-state index in [2.05, 4.69) is 5.32 Å². The molecule has 0 saturated heterocycles. The molecule has 6 heteroatoms. The molecular weight excluding hydrogens is 358 g/mol. The molecule has 28 heavy (non-hydrogen) atoms. The number of amides is 1. The van der Waals surface area contributed by atoms with Crippen molar-refractivity contribution in [3.8, 4) is 11.1 Å². The average molecular weight is 375 g/mol. The van der Waals surface area contributed by atoms with Crippen LogP contribution in [0.15, 0.2) is 72.8 Å². The summed E-state index contributed by atoms with van der Waals surface area (Å²) in [5.41, 5.74) is 2.62. The summed E-state index contributed by atoms with van der Waals surface area (Å²) < 4.78 is 4.80. The smallest absolute Gasteiger partial charge is 0.339 e. The largest absolute Gasteiger partial charge is 0.478 e. The second-order valence-electron chi connectivity index (χ2n) is 5.95. The van der Waals surface area contributed by atoms with Crippen LogP contribution >= 0.6 is 0 Å². The van der Waals surface area contributed by atoms with Crippen LogP contribution in [-0.4, -0.2) is 30.1 Å². The quantitative estimate of drug-likeness (QED) is 0.655. The number of esters is 1. The molecule has 0 radical (unpaired) electrons. The molecule has 0 atom stereocenters. The Hall–Kier alpha value is -3.93. The average Bonchev–Trinajstić information content (AvgIpc) is 2.73. The lowest BCUT2D eigenvalue weighted by Gasteiger charge is -2.12. The third-order valence-corrected chi connectivity index (χ3v) is 4.17. The van der Waals surface area contributed by atoms with Crippen LogP contribution in [0.5, 0.6) is 0 Å². The number of hydrogen-bond acceptors (Lipinski definition) is 4. The lowest BCUT2D eigenvalue weighted by molar-refractivity contribution is 0.0601. The van der Waals surface area contributed by atoms with Crippen LogP contribution in [0.4, 0.5) is 5.69 Å². The Morgan fingerprint density at radius 1 is 0.821 bits per heavy atom. The van der Waals surface area contributed by atoms with E-state index in [1.807, 2.05) is 0 Å². The molecule has 0 heterocycles. The van der Waals surface area contributed by atoms with Crippen molar-refractivity contribution in [2.45, 2.75) is 0 Å². The second-order valence-corrected chi connectivity index (χ2v) is 5.95. The predicted molar refractivity (Wildman–Crippen MR) is 105 cm³/mol. The molecule has 3 aromatic carbocycles. The predicted octanol–water partition coefficient (Wildman–Crippen LogP) is 4.09. The Balaban J connectivity index is 1.98. The van der Waals surface area contributed by atoms with Gasteiger partial charge >= 0.3 is 11.9 Å². The van der Waals surface area contributed by atoms with Crippen molar-refractivity contribution in [1.82, 2.24) is 0 Å². The molecule has 0 aliphatic rings. The van der Waals surface area contributed by atoms with Crippen molar-refractivity contribution in [3.63, 3.8) is 0 Å². The van der Waals surface area contributed by atoms with Crippen LogP contribution in [0, 0.1) is 0 Å². The van der Waals surface area contributed by atoms with Gasteiger partial charge < -0.3 is 15.2 Å². The molecular formula is C22H17NO5. The molecule has 6 nitrogen and oxygen atoms in total. The number of nitrogens with one attached hydrogen (secondary N) is 1. The summed E-state index contributed by atoms with van der Waals surface area (Å²) >= 11 is 0. The molecule has 0 saturated carbocycles. The summed E-state index contributed by atoms with van der Waals surface area (Å²) in [6, 6.07) is 19.9. The van der Waals surface area contributed by atoms with Gasteiger partial charge in [0.05, 0.1) is 23.9 Å². The number of carbonyl (C=O) groups is 3. The van der Waals surface area contributed by atoms with E-state index in [0.29, 0.717) is 16.8 Å².